The van der Waals surface area contributed by atoms with E-state index in [4.69, 9.17) is 9.47 Å². The molecule has 0 saturated heterocycles. The molecule has 0 aliphatic rings. The summed E-state index contributed by atoms with van der Waals surface area (Å²) in [5, 5.41) is 9.65. The second-order valence-corrected chi connectivity index (χ2v) is 6.39. The molecular weight excluding hydrogens is 304 g/mol. The number of carbonyl (C=O) groups is 1. The fraction of sp³-hybridized carbons (Fsp3) is 0.350. The van der Waals surface area contributed by atoms with Gasteiger partial charge in [-0.3, -0.25) is 0 Å². The number of rotatable bonds is 7. The van der Waals surface area contributed by atoms with E-state index in [-0.39, 0.29) is 6.42 Å². The molecule has 0 unspecified atom stereocenters. The van der Waals surface area contributed by atoms with Crippen LogP contribution >= 0.6 is 0 Å². The lowest BCUT2D eigenvalue weighted by Crippen LogP contribution is -2.43. The molecule has 0 saturated carbocycles. The molecule has 128 valence electrons. The van der Waals surface area contributed by atoms with Crippen LogP contribution in [0.25, 0.3) is 0 Å². The van der Waals surface area contributed by atoms with Crippen molar-refractivity contribution < 1.29 is 19.4 Å². The maximum Gasteiger partial charge on any atom is 0.348 e. The third-order valence-corrected chi connectivity index (χ3v) is 4.04. The molecule has 1 atom stereocenters. The fourth-order valence-corrected chi connectivity index (χ4v) is 2.47. The second kappa shape index (κ2) is 7.39. The molecule has 4 nitrogen and oxygen atoms in total. The molecule has 0 spiro atoms. The number of aliphatic carboxylic acids is 1. The lowest BCUT2D eigenvalue weighted by Gasteiger charge is -2.27. The Morgan fingerprint density at radius 1 is 1.04 bits per heavy atom. The van der Waals surface area contributed by atoms with Gasteiger partial charge in [0.15, 0.2) is 0 Å². The molecule has 0 amide bonds. The lowest BCUT2D eigenvalue weighted by molar-refractivity contribution is -0.153. The monoisotopic (exact) mass is 328 g/mol. The van der Waals surface area contributed by atoms with Crippen LogP contribution in [0.15, 0.2) is 48.5 Å². The largest absolute Gasteiger partial charge is 0.497 e. The summed E-state index contributed by atoms with van der Waals surface area (Å²) in [7, 11) is 1.60. The third-order valence-electron chi connectivity index (χ3n) is 4.04. The highest BCUT2D eigenvalue weighted by Crippen LogP contribution is 2.25. The van der Waals surface area contributed by atoms with Gasteiger partial charge in [-0.05, 0) is 48.2 Å². The van der Waals surface area contributed by atoms with Crippen molar-refractivity contribution in [2.75, 3.05) is 7.11 Å². The highest BCUT2D eigenvalue weighted by molar-refractivity contribution is 5.78. The Morgan fingerprint density at radius 2 is 1.58 bits per heavy atom. The highest BCUT2D eigenvalue weighted by atomic mass is 16.5. The molecule has 24 heavy (non-hydrogen) atoms. The van der Waals surface area contributed by atoms with Crippen LogP contribution in [0.1, 0.15) is 37.8 Å². The molecule has 4 heteroatoms. The molecule has 2 aromatic rings. The molecule has 0 heterocycles. The zero-order valence-corrected chi connectivity index (χ0v) is 14.6. The first kappa shape index (κ1) is 17.9. The van der Waals surface area contributed by atoms with E-state index in [0.717, 1.165) is 11.3 Å². The molecule has 0 fully saturated rings. The summed E-state index contributed by atoms with van der Waals surface area (Å²) in [6.07, 6.45) is 0.262. The van der Waals surface area contributed by atoms with E-state index in [2.05, 4.69) is 13.8 Å². The molecule has 0 aliphatic carbocycles. The first-order valence-corrected chi connectivity index (χ1v) is 7.99. The van der Waals surface area contributed by atoms with E-state index in [1.165, 1.54) is 5.56 Å². The fourth-order valence-electron chi connectivity index (χ4n) is 2.47. The first-order chi connectivity index (χ1) is 11.3. The number of benzene rings is 2. The average Bonchev–Trinajstić information content (AvgIpc) is 2.56. The molecule has 0 bridgehead atoms. The van der Waals surface area contributed by atoms with Crippen LogP contribution < -0.4 is 9.47 Å². The summed E-state index contributed by atoms with van der Waals surface area (Å²) in [5.41, 5.74) is 0.725. The number of carboxylic acids is 1. The van der Waals surface area contributed by atoms with Gasteiger partial charge >= 0.3 is 5.97 Å². The molecule has 0 aliphatic heterocycles. The van der Waals surface area contributed by atoms with Crippen LogP contribution in [0.5, 0.6) is 11.5 Å². The second-order valence-electron chi connectivity index (χ2n) is 6.39. The van der Waals surface area contributed by atoms with Crippen molar-refractivity contribution in [2.24, 2.45) is 0 Å². The van der Waals surface area contributed by atoms with Gasteiger partial charge in [-0.1, -0.05) is 38.1 Å². The molecule has 2 aromatic carbocycles. The highest BCUT2D eigenvalue weighted by Gasteiger charge is 2.36. The van der Waals surface area contributed by atoms with Crippen molar-refractivity contribution >= 4 is 5.97 Å². The number of methoxy groups -OCH3 is 1. The van der Waals surface area contributed by atoms with Crippen LogP contribution in [0.4, 0.5) is 0 Å². The predicted molar refractivity (Wildman–Crippen MR) is 93.9 cm³/mol. The summed E-state index contributed by atoms with van der Waals surface area (Å²) in [6.45, 7) is 5.82. The van der Waals surface area contributed by atoms with Gasteiger partial charge in [0.1, 0.15) is 11.5 Å². The molecule has 0 aromatic heterocycles. The van der Waals surface area contributed by atoms with Gasteiger partial charge in [-0.15, -0.1) is 0 Å². The number of hydrogen-bond donors (Lipinski definition) is 1. The molecule has 2 rings (SSSR count). The normalized spacial score (nSPS) is 13.4. The van der Waals surface area contributed by atoms with E-state index in [1.807, 2.05) is 48.5 Å². The van der Waals surface area contributed by atoms with Crippen molar-refractivity contribution in [3.63, 3.8) is 0 Å². The average molecular weight is 328 g/mol. The van der Waals surface area contributed by atoms with Crippen LogP contribution in [-0.4, -0.2) is 23.8 Å². The van der Waals surface area contributed by atoms with Crippen LogP contribution in [0.3, 0.4) is 0 Å². The van der Waals surface area contributed by atoms with E-state index in [1.54, 1.807) is 14.0 Å². The van der Waals surface area contributed by atoms with Gasteiger partial charge in [0, 0.05) is 6.42 Å². The minimum absolute atomic E-state index is 0.262. The zero-order valence-electron chi connectivity index (χ0n) is 14.6. The minimum Gasteiger partial charge on any atom is -0.497 e. The van der Waals surface area contributed by atoms with Crippen LogP contribution in [-0.2, 0) is 11.2 Å². The Bertz CT molecular complexity index is 674. The molecular formula is C20H24O4. The van der Waals surface area contributed by atoms with Crippen molar-refractivity contribution in [3.05, 3.63) is 59.7 Å². The predicted octanol–water partition coefficient (Wildman–Crippen LogP) is 4.28. The molecule has 1 N–H and O–H groups in total. The summed E-state index contributed by atoms with van der Waals surface area (Å²) < 4.78 is 11.0. The molecule has 0 radical (unpaired) electrons. The van der Waals surface area contributed by atoms with Crippen molar-refractivity contribution in [3.8, 4) is 11.5 Å². The van der Waals surface area contributed by atoms with Gasteiger partial charge in [0.25, 0.3) is 0 Å². The van der Waals surface area contributed by atoms with E-state index >= 15 is 0 Å². The quantitative estimate of drug-likeness (QED) is 0.824. The number of hydrogen-bond acceptors (Lipinski definition) is 3. The summed E-state index contributed by atoms with van der Waals surface area (Å²) in [4.78, 5) is 11.8. The third kappa shape index (κ3) is 4.28. The summed E-state index contributed by atoms with van der Waals surface area (Å²) in [5.74, 6) is 0.717. The standard InChI is InChI=1S/C20H24O4/c1-14(2)16-7-11-18(12-8-16)24-20(3,19(21)22)13-15-5-9-17(23-4)10-6-15/h5-12,14H,13H2,1-4H3,(H,21,22)/t20-/m0/s1. The van der Waals surface area contributed by atoms with Gasteiger partial charge in [-0.25, -0.2) is 4.79 Å². The zero-order chi connectivity index (χ0) is 17.7. The number of ether oxygens (including phenoxy) is 2. The Hall–Kier alpha value is -2.49. The van der Waals surface area contributed by atoms with E-state index in [9.17, 15) is 9.90 Å². The maximum absolute atomic E-state index is 11.8. The maximum atomic E-state index is 11.8. The van der Waals surface area contributed by atoms with Crippen molar-refractivity contribution in [1.29, 1.82) is 0 Å². The SMILES string of the molecule is COc1ccc(C[C@](C)(Oc2ccc(C(C)C)cc2)C(=O)O)cc1. The van der Waals surface area contributed by atoms with Crippen LogP contribution in [0, 0.1) is 0 Å². The van der Waals surface area contributed by atoms with E-state index in [0.29, 0.717) is 11.7 Å². The Labute approximate surface area is 143 Å². The van der Waals surface area contributed by atoms with Crippen molar-refractivity contribution in [2.45, 2.75) is 38.7 Å². The smallest absolute Gasteiger partial charge is 0.348 e. The summed E-state index contributed by atoms with van der Waals surface area (Å²) in [6, 6.07) is 14.9. The van der Waals surface area contributed by atoms with Gasteiger partial charge in [0.05, 0.1) is 7.11 Å². The van der Waals surface area contributed by atoms with Gasteiger partial charge in [-0.2, -0.15) is 0 Å². The minimum atomic E-state index is -1.34. The number of carboxylic acid groups (broad SMARTS) is 1. The van der Waals surface area contributed by atoms with Gasteiger partial charge < -0.3 is 14.6 Å². The lowest BCUT2D eigenvalue weighted by atomic mass is 9.96. The topological polar surface area (TPSA) is 55.8 Å². The van der Waals surface area contributed by atoms with Crippen LogP contribution in [0.2, 0.25) is 0 Å². The Kier molecular flexibility index (Phi) is 5.50. The first-order valence-electron chi connectivity index (χ1n) is 7.99. The Balaban J connectivity index is 2.18. The summed E-state index contributed by atoms with van der Waals surface area (Å²) >= 11 is 0. The van der Waals surface area contributed by atoms with Gasteiger partial charge in [0.2, 0.25) is 5.60 Å². The Morgan fingerprint density at radius 3 is 2.04 bits per heavy atom. The van der Waals surface area contributed by atoms with Crippen molar-refractivity contribution in [1.82, 2.24) is 0 Å². The van der Waals surface area contributed by atoms with E-state index < -0.39 is 11.6 Å².